The van der Waals surface area contributed by atoms with Gasteiger partial charge in [0.2, 0.25) is 0 Å². The summed E-state index contributed by atoms with van der Waals surface area (Å²) in [7, 11) is 0. The molecule has 1 aromatic carbocycles. The Balaban J connectivity index is 2.76. The van der Waals surface area contributed by atoms with Gasteiger partial charge in [0.25, 0.3) is 0 Å². The van der Waals surface area contributed by atoms with E-state index < -0.39 is 0 Å². The maximum atomic E-state index is 8.43. The molecular formula is C11H14O2. The lowest BCUT2D eigenvalue weighted by Gasteiger charge is -2.13. The summed E-state index contributed by atoms with van der Waals surface area (Å²) < 4.78 is 5.23. The molecule has 0 bridgehead atoms. The molecule has 2 nitrogen and oxygen atoms in total. The Labute approximate surface area is 78.5 Å². The van der Waals surface area contributed by atoms with Gasteiger partial charge in [-0.1, -0.05) is 24.3 Å². The molecule has 0 saturated carbocycles. The molecule has 0 radical (unpaired) electrons. The number of benzene rings is 1. The minimum Gasteiger partial charge on any atom is -0.512 e. The van der Waals surface area contributed by atoms with Crippen molar-refractivity contribution in [2.45, 2.75) is 20.0 Å². The van der Waals surface area contributed by atoms with E-state index in [1.165, 1.54) is 11.8 Å². The van der Waals surface area contributed by atoms with Crippen molar-refractivity contribution in [2.75, 3.05) is 0 Å². The van der Waals surface area contributed by atoms with E-state index in [9.17, 15) is 0 Å². The molecule has 1 atom stereocenters. The molecule has 1 rings (SSSR count). The van der Waals surface area contributed by atoms with Gasteiger partial charge in [0.15, 0.2) is 0 Å². The smallest absolute Gasteiger partial charge is 0.120 e. The van der Waals surface area contributed by atoms with Gasteiger partial charge < -0.3 is 9.84 Å². The van der Waals surface area contributed by atoms with Gasteiger partial charge in [-0.25, -0.2) is 0 Å². The molecule has 2 heteroatoms. The maximum absolute atomic E-state index is 8.43. The van der Waals surface area contributed by atoms with Gasteiger partial charge in [-0.3, -0.25) is 0 Å². The Hall–Kier alpha value is -1.44. The SMILES string of the molecule is Cc1ccccc1C(C)O/C=C/O. The van der Waals surface area contributed by atoms with E-state index in [0.717, 1.165) is 11.8 Å². The molecular weight excluding hydrogens is 164 g/mol. The summed E-state index contributed by atoms with van der Waals surface area (Å²) in [5, 5.41) is 8.43. The first-order valence-corrected chi connectivity index (χ1v) is 4.26. The average Bonchev–Trinajstić information content (AvgIpc) is 2.15. The lowest BCUT2D eigenvalue weighted by molar-refractivity contribution is 0.157. The van der Waals surface area contributed by atoms with Gasteiger partial charge in [0, 0.05) is 0 Å². The minimum absolute atomic E-state index is 0.0235. The number of rotatable bonds is 3. The predicted octanol–water partition coefficient (Wildman–Crippen LogP) is 3.10. The van der Waals surface area contributed by atoms with Crippen molar-refractivity contribution in [1.29, 1.82) is 0 Å². The Kier molecular flexibility index (Phi) is 3.38. The topological polar surface area (TPSA) is 29.5 Å². The van der Waals surface area contributed by atoms with Crippen LogP contribution in [0, 0.1) is 6.92 Å². The fourth-order valence-corrected chi connectivity index (χ4v) is 1.27. The monoisotopic (exact) mass is 178 g/mol. The quantitative estimate of drug-likeness (QED) is 0.720. The van der Waals surface area contributed by atoms with Crippen molar-refractivity contribution in [1.82, 2.24) is 0 Å². The second-order valence-electron chi connectivity index (χ2n) is 2.92. The molecule has 0 spiro atoms. The van der Waals surface area contributed by atoms with E-state index in [1.54, 1.807) is 0 Å². The van der Waals surface area contributed by atoms with Crippen molar-refractivity contribution in [3.05, 3.63) is 47.9 Å². The molecule has 1 unspecified atom stereocenters. The van der Waals surface area contributed by atoms with Gasteiger partial charge in [-0.15, -0.1) is 0 Å². The molecule has 0 aliphatic rings. The standard InChI is InChI=1S/C11H14O2/c1-9-5-3-4-6-11(9)10(2)13-8-7-12/h3-8,10,12H,1-2H3/b8-7+. The molecule has 0 saturated heterocycles. The number of hydrogen-bond donors (Lipinski definition) is 1. The molecule has 0 amide bonds. The highest BCUT2D eigenvalue weighted by Gasteiger charge is 2.06. The Morgan fingerprint density at radius 1 is 1.38 bits per heavy atom. The first-order valence-electron chi connectivity index (χ1n) is 4.26. The highest BCUT2D eigenvalue weighted by Crippen LogP contribution is 2.20. The number of ether oxygens (including phenoxy) is 1. The van der Waals surface area contributed by atoms with Crippen molar-refractivity contribution in [2.24, 2.45) is 0 Å². The van der Waals surface area contributed by atoms with Crippen LogP contribution in [0.15, 0.2) is 36.8 Å². The summed E-state index contributed by atoms with van der Waals surface area (Å²) in [5.74, 6) is 0. The van der Waals surface area contributed by atoms with Crippen LogP contribution >= 0.6 is 0 Å². The molecule has 1 N–H and O–H groups in total. The average molecular weight is 178 g/mol. The number of aryl methyl sites for hydroxylation is 1. The Bertz CT molecular complexity index is 292. The predicted molar refractivity (Wildman–Crippen MR) is 52.4 cm³/mol. The van der Waals surface area contributed by atoms with E-state index >= 15 is 0 Å². The van der Waals surface area contributed by atoms with Crippen molar-refractivity contribution in [3.63, 3.8) is 0 Å². The fraction of sp³-hybridized carbons (Fsp3) is 0.273. The lowest BCUT2D eigenvalue weighted by atomic mass is 10.1. The molecule has 0 aromatic heterocycles. The van der Waals surface area contributed by atoms with E-state index in [2.05, 4.69) is 0 Å². The van der Waals surface area contributed by atoms with Crippen molar-refractivity contribution >= 4 is 0 Å². The summed E-state index contributed by atoms with van der Waals surface area (Å²) in [5.41, 5.74) is 2.34. The molecule has 0 fully saturated rings. The molecule has 0 heterocycles. The highest BCUT2D eigenvalue weighted by atomic mass is 16.5. The zero-order chi connectivity index (χ0) is 9.68. The molecule has 1 aromatic rings. The third-order valence-electron chi connectivity index (χ3n) is 1.97. The third kappa shape index (κ3) is 2.51. The first-order chi connectivity index (χ1) is 6.25. The minimum atomic E-state index is -0.0235. The normalized spacial score (nSPS) is 13.1. The van der Waals surface area contributed by atoms with E-state index in [1.807, 2.05) is 38.1 Å². The molecule has 0 aliphatic carbocycles. The summed E-state index contributed by atoms with van der Waals surface area (Å²) >= 11 is 0. The zero-order valence-electron chi connectivity index (χ0n) is 7.90. The molecule has 13 heavy (non-hydrogen) atoms. The van der Waals surface area contributed by atoms with Crippen LogP contribution in [-0.2, 0) is 4.74 Å². The van der Waals surface area contributed by atoms with Gasteiger partial charge in [0.1, 0.15) is 18.6 Å². The number of aliphatic hydroxyl groups is 1. The van der Waals surface area contributed by atoms with Crippen LogP contribution in [-0.4, -0.2) is 5.11 Å². The summed E-state index contributed by atoms with van der Waals surface area (Å²) in [6.45, 7) is 3.99. The summed E-state index contributed by atoms with van der Waals surface area (Å²) in [6, 6.07) is 8.03. The van der Waals surface area contributed by atoms with Crippen molar-refractivity contribution in [3.8, 4) is 0 Å². The second-order valence-corrected chi connectivity index (χ2v) is 2.92. The Morgan fingerprint density at radius 2 is 2.08 bits per heavy atom. The highest BCUT2D eigenvalue weighted by molar-refractivity contribution is 5.27. The third-order valence-corrected chi connectivity index (χ3v) is 1.97. The lowest BCUT2D eigenvalue weighted by Crippen LogP contribution is -1.97. The van der Waals surface area contributed by atoms with Crippen LogP contribution in [0.2, 0.25) is 0 Å². The van der Waals surface area contributed by atoms with Crippen LogP contribution in [0.3, 0.4) is 0 Å². The fourth-order valence-electron chi connectivity index (χ4n) is 1.27. The van der Waals surface area contributed by atoms with Crippen LogP contribution in [0.1, 0.15) is 24.2 Å². The zero-order valence-corrected chi connectivity index (χ0v) is 7.90. The molecule has 70 valence electrons. The van der Waals surface area contributed by atoms with Crippen molar-refractivity contribution < 1.29 is 9.84 Å². The van der Waals surface area contributed by atoms with Gasteiger partial charge in [0.05, 0.1) is 0 Å². The summed E-state index contributed by atoms with van der Waals surface area (Å²) in [6.07, 6.45) is 2.16. The molecule has 0 aliphatic heterocycles. The summed E-state index contributed by atoms with van der Waals surface area (Å²) in [4.78, 5) is 0. The van der Waals surface area contributed by atoms with Gasteiger partial charge >= 0.3 is 0 Å². The van der Waals surface area contributed by atoms with E-state index in [4.69, 9.17) is 9.84 Å². The van der Waals surface area contributed by atoms with Crippen LogP contribution < -0.4 is 0 Å². The van der Waals surface area contributed by atoms with Gasteiger partial charge in [-0.2, -0.15) is 0 Å². The number of aliphatic hydroxyl groups excluding tert-OH is 1. The maximum Gasteiger partial charge on any atom is 0.120 e. The van der Waals surface area contributed by atoms with E-state index in [0.29, 0.717) is 0 Å². The van der Waals surface area contributed by atoms with Crippen LogP contribution in [0.4, 0.5) is 0 Å². The Morgan fingerprint density at radius 3 is 2.69 bits per heavy atom. The largest absolute Gasteiger partial charge is 0.512 e. The first kappa shape index (κ1) is 9.65. The second kappa shape index (κ2) is 4.55. The van der Waals surface area contributed by atoms with Crippen LogP contribution in [0.25, 0.3) is 0 Å². The van der Waals surface area contributed by atoms with Crippen LogP contribution in [0.5, 0.6) is 0 Å². The van der Waals surface area contributed by atoms with Gasteiger partial charge in [-0.05, 0) is 25.0 Å². The van der Waals surface area contributed by atoms with E-state index in [-0.39, 0.29) is 6.10 Å². The number of hydrogen-bond acceptors (Lipinski definition) is 2.